The van der Waals surface area contributed by atoms with E-state index in [4.69, 9.17) is 0 Å². The van der Waals surface area contributed by atoms with E-state index in [2.05, 4.69) is 13.8 Å². The quantitative estimate of drug-likeness (QED) is 0.355. The van der Waals surface area contributed by atoms with Crippen molar-refractivity contribution in [3.63, 3.8) is 0 Å². The minimum absolute atomic E-state index is 0.232. The van der Waals surface area contributed by atoms with Crippen molar-refractivity contribution in [3.05, 3.63) is 0 Å². The smallest absolute Gasteiger partial charge is 0.171 e. The molecule has 0 aliphatic rings. The van der Waals surface area contributed by atoms with E-state index in [9.17, 15) is 13.2 Å². The molecule has 0 N–H and O–H groups in total. The predicted octanol–water partition coefficient (Wildman–Crippen LogP) is 7.13. The number of hydrogen-bond donors (Lipinski definition) is 0. The van der Waals surface area contributed by atoms with E-state index in [1.54, 1.807) is 0 Å². The second-order valence-corrected chi connectivity index (χ2v) is 6.80. The molecule has 0 nitrogen and oxygen atoms in total. The van der Waals surface area contributed by atoms with Crippen LogP contribution in [-0.2, 0) is 0 Å². The largest absolute Gasteiger partial charge is 0.393 e. The molecule has 0 heterocycles. The standard InChI is InChI=1S/C17H33F3/c1-5-7-9-11-13-15(12-10-8-6-2)14-16(3,4)17(18,19)20/h15H,5-14H2,1-4H3. The Morgan fingerprint density at radius 1 is 0.750 bits per heavy atom. The molecule has 0 rings (SSSR count). The van der Waals surface area contributed by atoms with Crippen LogP contribution in [0.4, 0.5) is 13.2 Å². The van der Waals surface area contributed by atoms with Gasteiger partial charge < -0.3 is 0 Å². The van der Waals surface area contributed by atoms with Crippen molar-refractivity contribution in [2.75, 3.05) is 0 Å². The molecule has 0 aliphatic heterocycles. The lowest BCUT2D eigenvalue weighted by molar-refractivity contribution is -0.217. The fourth-order valence-corrected chi connectivity index (χ4v) is 2.73. The summed E-state index contributed by atoms with van der Waals surface area (Å²) in [6, 6.07) is 0. The summed E-state index contributed by atoms with van der Waals surface area (Å²) in [7, 11) is 0. The van der Waals surface area contributed by atoms with Gasteiger partial charge in [0.25, 0.3) is 0 Å². The molecule has 20 heavy (non-hydrogen) atoms. The Hall–Kier alpha value is -0.210. The SMILES string of the molecule is CCCCCCC(CCCCC)CC(C)(C)C(F)(F)F. The van der Waals surface area contributed by atoms with Crippen molar-refractivity contribution in [3.8, 4) is 0 Å². The molecule has 0 aromatic heterocycles. The van der Waals surface area contributed by atoms with E-state index in [1.165, 1.54) is 26.7 Å². The first-order chi connectivity index (χ1) is 9.24. The van der Waals surface area contributed by atoms with Gasteiger partial charge in [-0.25, -0.2) is 0 Å². The molecule has 0 spiro atoms. The van der Waals surface area contributed by atoms with Crippen LogP contribution in [0.25, 0.3) is 0 Å². The van der Waals surface area contributed by atoms with Crippen LogP contribution in [0.2, 0.25) is 0 Å². The van der Waals surface area contributed by atoms with Crippen molar-refractivity contribution in [1.82, 2.24) is 0 Å². The molecule has 0 radical (unpaired) electrons. The Balaban J connectivity index is 4.35. The monoisotopic (exact) mass is 294 g/mol. The van der Waals surface area contributed by atoms with Crippen LogP contribution in [0.1, 0.15) is 91.9 Å². The Labute approximate surface area is 123 Å². The first-order valence-electron chi connectivity index (χ1n) is 8.31. The third kappa shape index (κ3) is 8.16. The zero-order valence-corrected chi connectivity index (χ0v) is 13.8. The zero-order valence-electron chi connectivity index (χ0n) is 13.8. The summed E-state index contributed by atoms with van der Waals surface area (Å²) in [4.78, 5) is 0. The van der Waals surface area contributed by atoms with Crippen LogP contribution < -0.4 is 0 Å². The lowest BCUT2D eigenvalue weighted by Crippen LogP contribution is -2.34. The van der Waals surface area contributed by atoms with Gasteiger partial charge in [-0.1, -0.05) is 85.5 Å². The van der Waals surface area contributed by atoms with E-state index in [-0.39, 0.29) is 12.3 Å². The number of hydrogen-bond acceptors (Lipinski definition) is 0. The number of alkyl halides is 3. The summed E-state index contributed by atoms with van der Waals surface area (Å²) in [5, 5.41) is 0. The van der Waals surface area contributed by atoms with Crippen LogP contribution in [0, 0.1) is 11.3 Å². The molecule has 122 valence electrons. The molecule has 0 saturated heterocycles. The Morgan fingerprint density at radius 2 is 1.20 bits per heavy atom. The second kappa shape index (κ2) is 9.68. The third-order valence-corrected chi connectivity index (χ3v) is 4.25. The normalized spacial score (nSPS) is 14.6. The highest BCUT2D eigenvalue weighted by Gasteiger charge is 2.47. The molecule has 0 fully saturated rings. The summed E-state index contributed by atoms with van der Waals surface area (Å²) in [6.45, 7) is 7.00. The van der Waals surface area contributed by atoms with Gasteiger partial charge >= 0.3 is 6.18 Å². The lowest BCUT2D eigenvalue weighted by atomic mass is 9.78. The van der Waals surface area contributed by atoms with Gasteiger partial charge in [-0.2, -0.15) is 13.2 Å². The molecular formula is C17H33F3. The van der Waals surface area contributed by atoms with Crippen molar-refractivity contribution < 1.29 is 13.2 Å². The highest BCUT2D eigenvalue weighted by molar-refractivity contribution is 4.80. The van der Waals surface area contributed by atoms with E-state index in [0.29, 0.717) is 0 Å². The van der Waals surface area contributed by atoms with E-state index in [1.807, 2.05) is 0 Å². The first kappa shape index (κ1) is 19.8. The fourth-order valence-electron chi connectivity index (χ4n) is 2.73. The Morgan fingerprint density at radius 3 is 1.65 bits per heavy atom. The molecular weight excluding hydrogens is 261 g/mol. The van der Waals surface area contributed by atoms with Crippen LogP contribution in [-0.4, -0.2) is 6.18 Å². The molecule has 3 heteroatoms. The average Bonchev–Trinajstić information content (AvgIpc) is 2.33. The maximum atomic E-state index is 13.0. The van der Waals surface area contributed by atoms with Crippen molar-refractivity contribution >= 4 is 0 Å². The maximum Gasteiger partial charge on any atom is 0.393 e. The lowest BCUT2D eigenvalue weighted by Gasteiger charge is -2.32. The summed E-state index contributed by atoms with van der Waals surface area (Å²) in [5.41, 5.74) is -1.55. The van der Waals surface area contributed by atoms with Gasteiger partial charge in [0.05, 0.1) is 5.41 Å². The zero-order chi connectivity index (χ0) is 15.6. The van der Waals surface area contributed by atoms with Crippen LogP contribution in [0.15, 0.2) is 0 Å². The number of unbranched alkanes of at least 4 members (excludes halogenated alkanes) is 5. The fraction of sp³-hybridized carbons (Fsp3) is 1.00. The Kier molecular flexibility index (Phi) is 9.58. The second-order valence-electron chi connectivity index (χ2n) is 6.80. The Bertz CT molecular complexity index is 231. The first-order valence-corrected chi connectivity index (χ1v) is 8.31. The predicted molar refractivity (Wildman–Crippen MR) is 80.8 cm³/mol. The number of rotatable bonds is 11. The van der Waals surface area contributed by atoms with Gasteiger partial charge in [-0.05, 0) is 12.3 Å². The molecule has 0 amide bonds. The molecule has 0 saturated carbocycles. The molecule has 0 aromatic carbocycles. The van der Waals surface area contributed by atoms with Crippen LogP contribution >= 0.6 is 0 Å². The van der Waals surface area contributed by atoms with Crippen LogP contribution in [0.5, 0.6) is 0 Å². The van der Waals surface area contributed by atoms with Crippen molar-refractivity contribution in [1.29, 1.82) is 0 Å². The molecule has 1 atom stereocenters. The molecule has 0 aromatic rings. The minimum atomic E-state index is -4.08. The highest BCUT2D eigenvalue weighted by atomic mass is 19.4. The summed E-state index contributed by atoms with van der Waals surface area (Å²) in [6.07, 6.45) is 6.07. The minimum Gasteiger partial charge on any atom is -0.171 e. The van der Waals surface area contributed by atoms with Gasteiger partial charge in [0.2, 0.25) is 0 Å². The summed E-state index contributed by atoms with van der Waals surface area (Å²) < 4.78 is 39.1. The molecule has 0 bridgehead atoms. The maximum absolute atomic E-state index is 13.0. The topological polar surface area (TPSA) is 0 Å². The van der Waals surface area contributed by atoms with E-state index >= 15 is 0 Å². The van der Waals surface area contributed by atoms with Gasteiger partial charge in [0.15, 0.2) is 0 Å². The molecule has 1 unspecified atom stereocenters. The number of halogens is 3. The average molecular weight is 294 g/mol. The summed E-state index contributed by atoms with van der Waals surface area (Å²) >= 11 is 0. The van der Waals surface area contributed by atoms with E-state index < -0.39 is 11.6 Å². The summed E-state index contributed by atoms with van der Waals surface area (Å²) in [5.74, 6) is 0.232. The highest BCUT2D eigenvalue weighted by Crippen LogP contribution is 2.44. The van der Waals surface area contributed by atoms with E-state index in [0.717, 1.165) is 44.9 Å². The van der Waals surface area contributed by atoms with Gasteiger partial charge in [0, 0.05) is 0 Å². The van der Waals surface area contributed by atoms with Crippen LogP contribution in [0.3, 0.4) is 0 Å². The van der Waals surface area contributed by atoms with Crippen molar-refractivity contribution in [2.45, 2.75) is 98.1 Å². The van der Waals surface area contributed by atoms with Gasteiger partial charge in [-0.15, -0.1) is 0 Å². The van der Waals surface area contributed by atoms with Gasteiger partial charge in [-0.3, -0.25) is 0 Å². The molecule has 0 aliphatic carbocycles. The third-order valence-electron chi connectivity index (χ3n) is 4.25. The van der Waals surface area contributed by atoms with Gasteiger partial charge in [0.1, 0.15) is 0 Å². The van der Waals surface area contributed by atoms with Crippen molar-refractivity contribution in [2.24, 2.45) is 11.3 Å².